The van der Waals surface area contributed by atoms with E-state index in [0.29, 0.717) is 17.0 Å². The Bertz CT molecular complexity index is 943. The molecular formula is C19H17N3O3. The Hall–Kier alpha value is -3.28. The summed E-state index contributed by atoms with van der Waals surface area (Å²) < 4.78 is 5.54. The van der Waals surface area contributed by atoms with Crippen LogP contribution in [0.2, 0.25) is 0 Å². The van der Waals surface area contributed by atoms with Crippen LogP contribution in [0.25, 0.3) is 11.5 Å². The quantitative estimate of drug-likeness (QED) is 0.733. The predicted octanol–water partition coefficient (Wildman–Crippen LogP) is 3.81. The topological polar surface area (TPSA) is 85.1 Å². The van der Waals surface area contributed by atoms with E-state index in [1.54, 1.807) is 24.3 Å². The van der Waals surface area contributed by atoms with Gasteiger partial charge in [-0.2, -0.15) is 0 Å². The van der Waals surface area contributed by atoms with E-state index in [-0.39, 0.29) is 17.7 Å². The van der Waals surface area contributed by atoms with Gasteiger partial charge in [-0.25, -0.2) is 0 Å². The van der Waals surface area contributed by atoms with Gasteiger partial charge >= 0.3 is 6.01 Å². The van der Waals surface area contributed by atoms with E-state index in [0.717, 1.165) is 16.7 Å². The zero-order valence-electron chi connectivity index (χ0n) is 14.2. The number of hydrogen-bond donors (Lipinski definition) is 1. The molecule has 25 heavy (non-hydrogen) atoms. The Kier molecular flexibility index (Phi) is 4.43. The van der Waals surface area contributed by atoms with Crippen LogP contribution in [0.5, 0.6) is 0 Å². The molecule has 6 heteroatoms. The van der Waals surface area contributed by atoms with Gasteiger partial charge in [-0.1, -0.05) is 34.9 Å². The highest BCUT2D eigenvalue weighted by atomic mass is 16.4. The Balaban J connectivity index is 1.76. The first kappa shape index (κ1) is 16.6. The fraction of sp³-hybridized carbons (Fsp3) is 0.158. The van der Waals surface area contributed by atoms with E-state index in [1.165, 1.54) is 6.92 Å². The van der Waals surface area contributed by atoms with Crippen LogP contribution in [0, 0.1) is 13.8 Å². The SMILES string of the molecule is CC(=O)c1ccc(C(=O)Nc2nnc(-c3ccc(C)cc3C)o2)cc1. The third kappa shape index (κ3) is 3.63. The molecule has 0 bridgehead atoms. The molecule has 3 aromatic rings. The summed E-state index contributed by atoms with van der Waals surface area (Å²) in [6.45, 7) is 5.44. The molecule has 1 aromatic heterocycles. The predicted molar refractivity (Wildman–Crippen MR) is 93.6 cm³/mol. The summed E-state index contributed by atoms with van der Waals surface area (Å²) in [5, 5.41) is 10.4. The van der Waals surface area contributed by atoms with Gasteiger partial charge in [0.1, 0.15) is 0 Å². The van der Waals surface area contributed by atoms with Gasteiger partial charge in [0.15, 0.2) is 5.78 Å². The molecule has 1 N–H and O–H groups in total. The van der Waals surface area contributed by atoms with E-state index < -0.39 is 0 Å². The number of aromatic nitrogens is 2. The van der Waals surface area contributed by atoms with Gasteiger partial charge in [0.25, 0.3) is 5.91 Å². The molecule has 0 aliphatic heterocycles. The summed E-state index contributed by atoms with van der Waals surface area (Å²) in [6.07, 6.45) is 0. The number of Topliss-reactive ketones (excluding diaryl/α,β-unsaturated/α-hetero) is 1. The second-order valence-corrected chi connectivity index (χ2v) is 5.82. The van der Waals surface area contributed by atoms with Crippen molar-refractivity contribution in [3.63, 3.8) is 0 Å². The first-order valence-electron chi connectivity index (χ1n) is 7.77. The number of nitrogens with one attached hydrogen (secondary N) is 1. The number of nitrogens with zero attached hydrogens (tertiary/aromatic N) is 2. The van der Waals surface area contributed by atoms with Crippen LogP contribution in [-0.2, 0) is 0 Å². The average molecular weight is 335 g/mol. The molecule has 0 spiro atoms. The summed E-state index contributed by atoms with van der Waals surface area (Å²) in [6, 6.07) is 12.3. The molecule has 0 atom stereocenters. The van der Waals surface area contributed by atoms with E-state index >= 15 is 0 Å². The number of aryl methyl sites for hydroxylation is 2. The van der Waals surface area contributed by atoms with Crippen molar-refractivity contribution < 1.29 is 14.0 Å². The molecule has 3 rings (SSSR count). The summed E-state index contributed by atoms with van der Waals surface area (Å²) in [4.78, 5) is 23.5. The van der Waals surface area contributed by atoms with Gasteiger partial charge in [0, 0.05) is 16.7 Å². The smallest absolute Gasteiger partial charge is 0.322 e. The maximum absolute atomic E-state index is 12.2. The zero-order chi connectivity index (χ0) is 18.0. The van der Waals surface area contributed by atoms with E-state index in [2.05, 4.69) is 15.5 Å². The molecule has 1 amide bonds. The van der Waals surface area contributed by atoms with Crippen LogP contribution in [0.1, 0.15) is 38.8 Å². The Morgan fingerprint density at radius 2 is 1.64 bits per heavy atom. The second kappa shape index (κ2) is 6.68. The fourth-order valence-corrected chi connectivity index (χ4v) is 2.46. The third-order valence-electron chi connectivity index (χ3n) is 3.81. The lowest BCUT2D eigenvalue weighted by Gasteiger charge is -2.03. The number of rotatable bonds is 4. The number of anilines is 1. The standard InChI is InChI=1S/C19H17N3O3/c1-11-4-9-16(12(2)10-11)18-21-22-19(25-18)20-17(24)15-7-5-14(6-8-15)13(3)23/h4-10H,1-3H3,(H,20,22,24). The Labute approximate surface area is 144 Å². The molecule has 126 valence electrons. The molecular weight excluding hydrogens is 318 g/mol. The highest BCUT2D eigenvalue weighted by molar-refractivity contribution is 6.04. The van der Waals surface area contributed by atoms with Crippen molar-refractivity contribution in [2.45, 2.75) is 20.8 Å². The van der Waals surface area contributed by atoms with Crippen LogP contribution in [0.4, 0.5) is 6.01 Å². The van der Waals surface area contributed by atoms with Crippen molar-refractivity contribution in [1.82, 2.24) is 10.2 Å². The van der Waals surface area contributed by atoms with E-state index in [9.17, 15) is 9.59 Å². The van der Waals surface area contributed by atoms with Crippen LogP contribution >= 0.6 is 0 Å². The van der Waals surface area contributed by atoms with Crippen molar-refractivity contribution in [2.24, 2.45) is 0 Å². The number of benzene rings is 2. The maximum Gasteiger partial charge on any atom is 0.322 e. The summed E-state index contributed by atoms with van der Waals surface area (Å²) >= 11 is 0. The highest BCUT2D eigenvalue weighted by Crippen LogP contribution is 2.24. The molecule has 0 saturated carbocycles. The van der Waals surface area contributed by atoms with Gasteiger partial charge in [-0.3, -0.25) is 14.9 Å². The molecule has 2 aromatic carbocycles. The molecule has 0 fully saturated rings. The summed E-state index contributed by atoms with van der Waals surface area (Å²) in [7, 11) is 0. The minimum Gasteiger partial charge on any atom is -0.403 e. The minimum absolute atomic E-state index is 0.0237. The van der Waals surface area contributed by atoms with Gasteiger partial charge in [0.05, 0.1) is 0 Å². The normalized spacial score (nSPS) is 10.5. The number of carbonyl (C=O) groups excluding carboxylic acids is 2. The number of ketones is 1. The summed E-state index contributed by atoms with van der Waals surface area (Å²) in [5.74, 6) is -0.0902. The largest absolute Gasteiger partial charge is 0.403 e. The third-order valence-corrected chi connectivity index (χ3v) is 3.81. The number of hydrogen-bond acceptors (Lipinski definition) is 5. The number of amides is 1. The lowest BCUT2D eigenvalue weighted by molar-refractivity contribution is 0.100. The van der Waals surface area contributed by atoms with Crippen LogP contribution in [0.15, 0.2) is 46.9 Å². The summed E-state index contributed by atoms with van der Waals surface area (Å²) in [5.41, 5.74) is 3.93. The van der Waals surface area contributed by atoms with Crippen LogP contribution in [-0.4, -0.2) is 21.9 Å². The molecule has 0 aliphatic rings. The maximum atomic E-state index is 12.2. The van der Waals surface area contributed by atoms with Gasteiger partial charge < -0.3 is 4.42 Å². The molecule has 0 radical (unpaired) electrons. The molecule has 1 heterocycles. The van der Waals surface area contributed by atoms with Gasteiger partial charge in [0.2, 0.25) is 5.89 Å². The average Bonchev–Trinajstić information content (AvgIpc) is 3.03. The lowest BCUT2D eigenvalue weighted by Crippen LogP contribution is -2.12. The second-order valence-electron chi connectivity index (χ2n) is 5.82. The van der Waals surface area contributed by atoms with Crippen molar-refractivity contribution in [3.05, 3.63) is 64.7 Å². The minimum atomic E-state index is -0.383. The van der Waals surface area contributed by atoms with Crippen LogP contribution in [0.3, 0.4) is 0 Å². The fourth-order valence-electron chi connectivity index (χ4n) is 2.46. The lowest BCUT2D eigenvalue weighted by atomic mass is 10.1. The Morgan fingerprint density at radius 3 is 2.28 bits per heavy atom. The van der Waals surface area contributed by atoms with Crippen molar-refractivity contribution >= 4 is 17.7 Å². The Morgan fingerprint density at radius 1 is 0.960 bits per heavy atom. The van der Waals surface area contributed by atoms with Crippen molar-refractivity contribution in [2.75, 3.05) is 5.32 Å². The molecule has 0 aliphatic carbocycles. The first-order chi connectivity index (χ1) is 11.9. The van der Waals surface area contributed by atoms with E-state index in [4.69, 9.17) is 4.42 Å². The van der Waals surface area contributed by atoms with Crippen molar-refractivity contribution in [3.8, 4) is 11.5 Å². The van der Waals surface area contributed by atoms with Crippen molar-refractivity contribution in [1.29, 1.82) is 0 Å². The highest BCUT2D eigenvalue weighted by Gasteiger charge is 2.14. The molecule has 0 saturated heterocycles. The monoisotopic (exact) mass is 335 g/mol. The van der Waals surface area contributed by atoms with E-state index in [1.807, 2.05) is 32.0 Å². The molecule has 0 unspecified atom stereocenters. The van der Waals surface area contributed by atoms with Crippen LogP contribution < -0.4 is 5.32 Å². The van der Waals surface area contributed by atoms with Gasteiger partial charge in [-0.15, -0.1) is 5.10 Å². The molecule has 6 nitrogen and oxygen atoms in total. The number of carbonyl (C=O) groups is 2. The van der Waals surface area contributed by atoms with Gasteiger partial charge in [-0.05, 0) is 44.5 Å². The first-order valence-corrected chi connectivity index (χ1v) is 7.77. The zero-order valence-corrected chi connectivity index (χ0v) is 14.2.